The number of rotatable bonds is 6. The second-order valence-electron chi connectivity index (χ2n) is 8.21. The van der Waals surface area contributed by atoms with Gasteiger partial charge in [0.2, 0.25) is 10.0 Å². The van der Waals surface area contributed by atoms with Crippen LogP contribution in [0.3, 0.4) is 0 Å². The molecular formula is C19H31N4O4S+. The fourth-order valence-electron chi connectivity index (χ4n) is 3.09. The van der Waals surface area contributed by atoms with E-state index in [1.165, 1.54) is 4.31 Å². The highest BCUT2D eigenvalue weighted by Gasteiger charge is 2.31. The molecule has 9 heteroatoms. The highest BCUT2D eigenvalue weighted by molar-refractivity contribution is 7.89. The van der Waals surface area contributed by atoms with Crippen LogP contribution in [-0.4, -0.2) is 81.3 Å². The van der Waals surface area contributed by atoms with E-state index in [4.69, 9.17) is 0 Å². The molecule has 0 saturated carbocycles. The predicted molar refractivity (Wildman–Crippen MR) is 106 cm³/mol. The SMILES string of the molecule is C[NH+](CC(=O)NC(C)(C)C)CC(=O)N1CCN(S(=O)(=O)c2ccccc2)CC1. The molecule has 156 valence electrons. The van der Waals surface area contributed by atoms with Gasteiger partial charge in [0.15, 0.2) is 13.1 Å². The molecule has 2 N–H and O–H groups in total. The van der Waals surface area contributed by atoms with Crippen molar-refractivity contribution in [2.24, 2.45) is 0 Å². The average molecular weight is 412 g/mol. The first-order valence-corrected chi connectivity index (χ1v) is 10.9. The quantitative estimate of drug-likeness (QED) is 0.625. The lowest BCUT2D eigenvalue weighted by molar-refractivity contribution is -0.863. The third-order valence-corrected chi connectivity index (χ3v) is 6.31. The van der Waals surface area contributed by atoms with E-state index in [2.05, 4.69) is 5.32 Å². The maximum Gasteiger partial charge on any atom is 0.277 e. The van der Waals surface area contributed by atoms with Gasteiger partial charge in [0.1, 0.15) is 0 Å². The summed E-state index contributed by atoms with van der Waals surface area (Å²) < 4.78 is 26.7. The topological polar surface area (TPSA) is 91.2 Å². The summed E-state index contributed by atoms with van der Waals surface area (Å²) in [6, 6.07) is 8.32. The van der Waals surface area contributed by atoms with Crippen LogP contribution in [0.5, 0.6) is 0 Å². The van der Waals surface area contributed by atoms with Crippen LogP contribution in [0.4, 0.5) is 0 Å². The number of likely N-dealkylation sites (N-methyl/N-ethyl adjacent to an activating group) is 1. The van der Waals surface area contributed by atoms with Crippen molar-refractivity contribution in [1.29, 1.82) is 0 Å². The number of benzene rings is 1. The van der Waals surface area contributed by atoms with E-state index in [0.29, 0.717) is 13.1 Å². The van der Waals surface area contributed by atoms with E-state index in [9.17, 15) is 18.0 Å². The summed E-state index contributed by atoms with van der Waals surface area (Å²) in [5, 5.41) is 2.88. The van der Waals surface area contributed by atoms with Crippen molar-refractivity contribution in [2.45, 2.75) is 31.2 Å². The predicted octanol–water partition coefficient (Wildman–Crippen LogP) is -1.05. The van der Waals surface area contributed by atoms with E-state index in [-0.39, 0.29) is 48.4 Å². The molecule has 1 fully saturated rings. The fraction of sp³-hybridized carbons (Fsp3) is 0.579. The lowest BCUT2D eigenvalue weighted by atomic mass is 10.1. The number of nitrogens with one attached hydrogen (secondary N) is 2. The van der Waals surface area contributed by atoms with Crippen molar-refractivity contribution < 1.29 is 22.9 Å². The van der Waals surface area contributed by atoms with E-state index in [1.807, 2.05) is 20.8 Å². The van der Waals surface area contributed by atoms with Crippen molar-refractivity contribution in [3.05, 3.63) is 30.3 Å². The third kappa shape index (κ3) is 6.29. The zero-order chi connectivity index (χ0) is 20.9. The molecule has 2 amide bonds. The minimum atomic E-state index is -3.53. The van der Waals surface area contributed by atoms with Gasteiger partial charge in [-0.2, -0.15) is 4.31 Å². The Hall–Kier alpha value is -1.97. The van der Waals surface area contributed by atoms with E-state index in [0.717, 1.165) is 4.90 Å². The van der Waals surface area contributed by atoms with E-state index >= 15 is 0 Å². The minimum Gasteiger partial charge on any atom is -0.347 e. The van der Waals surface area contributed by atoms with Gasteiger partial charge in [-0.05, 0) is 32.9 Å². The summed E-state index contributed by atoms with van der Waals surface area (Å²) in [6.45, 7) is 7.39. The molecule has 28 heavy (non-hydrogen) atoms. The first-order valence-electron chi connectivity index (χ1n) is 9.44. The number of amides is 2. The van der Waals surface area contributed by atoms with E-state index < -0.39 is 10.0 Å². The Kier molecular flexibility index (Phi) is 7.19. The molecule has 0 bridgehead atoms. The zero-order valence-corrected chi connectivity index (χ0v) is 17.9. The molecule has 1 aromatic rings. The fourth-order valence-corrected chi connectivity index (χ4v) is 4.53. The molecule has 1 aromatic carbocycles. The van der Waals surface area contributed by atoms with Crippen LogP contribution in [0.15, 0.2) is 35.2 Å². The van der Waals surface area contributed by atoms with Crippen LogP contribution < -0.4 is 10.2 Å². The summed E-state index contributed by atoms with van der Waals surface area (Å²) in [5.74, 6) is -0.172. The van der Waals surface area contributed by atoms with Crippen LogP contribution in [0.2, 0.25) is 0 Å². The maximum atomic E-state index is 12.7. The maximum absolute atomic E-state index is 12.7. The van der Waals surface area contributed by atoms with Gasteiger partial charge in [-0.3, -0.25) is 9.59 Å². The number of carbonyl (C=O) groups excluding carboxylic acids is 2. The first kappa shape index (κ1) is 22.3. The van der Waals surface area contributed by atoms with Crippen LogP contribution in [0.25, 0.3) is 0 Å². The zero-order valence-electron chi connectivity index (χ0n) is 17.1. The Balaban J connectivity index is 1.84. The van der Waals surface area contributed by atoms with Crippen LogP contribution in [0, 0.1) is 0 Å². The molecule has 0 spiro atoms. The molecule has 1 aliphatic heterocycles. The van der Waals surface area contributed by atoms with Gasteiger partial charge in [-0.1, -0.05) is 18.2 Å². The molecular weight excluding hydrogens is 380 g/mol. The second-order valence-corrected chi connectivity index (χ2v) is 10.1. The van der Waals surface area contributed by atoms with Crippen molar-refractivity contribution >= 4 is 21.8 Å². The molecule has 0 aromatic heterocycles. The number of hydrogen-bond donors (Lipinski definition) is 2. The summed E-state index contributed by atoms with van der Waals surface area (Å²) in [7, 11) is -1.73. The summed E-state index contributed by atoms with van der Waals surface area (Å²) in [6.07, 6.45) is 0. The summed E-state index contributed by atoms with van der Waals surface area (Å²) in [4.78, 5) is 27.2. The van der Waals surface area contributed by atoms with E-state index in [1.54, 1.807) is 42.3 Å². The largest absolute Gasteiger partial charge is 0.347 e. The molecule has 1 saturated heterocycles. The smallest absolute Gasteiger partial charge is 0.277 e. The van der Waals surface area contributed by atoms with Gasteiger partial charge < -0.3 is 15.1 Å². The van der Waals surface area contributed by atoms with Gasteiger partial charge in [-0.15, -0.1) is 0 Å². The Morgan fingerprint density at radius 3 is 2.14 bits per heavy atom. The number of piperazine rings is 1. The third-order valence-electron chi connectivity index (χ3n) is 4.40. The van der Waals surface area contributed by atoms with Gasteiger partial charge in [-0.25, -0.2) is 8.42 Å². The van der Waals surface area contributed by atoms with Crippen LogP contribution in [0.1, 0.15) is 20.8 Å². The van der Waals surface area contributed by atoms with Crippen LogP contribution >= 0.6 is 0 Å². The van der Waals surface area contributed by atoms with Gasteiger partial charge in [0, 0.05) is 31.7 Å². The number of quaternary nitrogens is 1. The molecule has 1 heterocycles. The van der Waals surface area contributed by atoms with Gasteiger partial charge >= 0.3 is 0 Å². The lowest BCUT2D eigenvalue weighted by Crippen LogP contribution is -3.11. The molecule has 0 aliphatic carbocycles. The number of carbonyl (C=O) groups is 2. The molecule has 8 nitrogen and oxygen atoms in total. The van der Waals surface area contributed by atoms with Crippen molar-refractivity contribution in [3.63, 3.8) is 0 Å². The lowest BCUT2D eigenvalue weighted by Gasteiger charge is -2.34. The van der Waals surface area contributed by atoms with Gasteiger partial charge in [0.25, 0.3) is 11.8 Å². The highest BCUT2D eigenvalue weighted by Crippen LogP contribution is 2.17. The Morgan fingerprint density at radius 1 is 1.04 bits per heavy atom. The number of nitrogens with zero attached hydrogens (tertiary/aromatic N) is 2. The monoisotopic (exact) mass is 411 g/mol. The normalized spacial score (nSPS) is 17.2. The average Bonchev–Trinajstić information content (AvgIpc) is 2.60. The summed E-state index contributed by atoms with van der Waals surface area (Å²) >= 11 is 0. The van der Waals surface area contributed by atoms with Crippen molar-refractivity contribution in [1.82, 2.24) is 14.5 Å². The first-order chi connectivity index (χ1) is 13.0. The summed E-state index contributed by atoms with van der Waals surface area (Å²) in [5.41, 5.74) is -0.304. The Morgan fingerprint density at radius 2 is 1.61 bits per heavy atom. The molecule has 0 radical (unpaired) electrons. The number of hydrogen-bond acceptors (Lipinski definition) is 4. The van der Waals surface area contributed by atoms with Gasteiger partial charge in [0.05, 0.1) is 11.9 Å². The molecule has 1 atom stereocenters. The minimum absolute atomic E-state index is 0.0715. The van der Waals surface area contributed by atoms with Crippen molar-refractivity contribution in [2.75, 3.05) is 46.3 Å². The standard InChI is InChI=1S/C19H30N4O4S/c1-19(2,3)20-17(24)14-21(4)15-18(25)22-10-12-23(13-11-22)28(26,27)16-8-6-5-7-9-16/h5-9H,10-15H2,1-4H3,(H,20,24)/p+1. The van der Waals surface area contributed by atoms with Crippen LogP contribution in [-0.2, 0) is 19.6 Å². The highest BCUT2D eigenvalue weighted by atomic mass is 32.2. The second kappa shape index (κ2) is 9.02. The number of sulfonamides is 1. The molecule has 1 unspecified atom stereocenters. The Labute approximate surface area is 167 Å². The molecule has 1 aliphatic rings. The van der Waals surface area contributed by atoms with Crippen molar-refractivity contribution in [3.8, 4) is 0 Å². The molecule has 2 rings (SSSR count). The Bertz CT molecular complexity index is 782.